The molecule has 1 aliphatic carbocycles. The van der Waals surface area contributed by atoms with Crippen LogP contribution in [0.5, 0.6) is 5.75 Å². The summed E-state index contributed by atoms with van der Waals surface area (Å²) < 4.78 is 46.5. The van der Waals surface area contributed by atoms with Crippen molar-refractivity contribution in [1.82, 2.24) is 5.32 Å². The zero-order valence-electron chi connectivity index (χ0n) is 20.0. The Hall–Kier alpha value is -3.30. The van der Waals surface area contributed by atoms with E-state index in [1.165, 1.54) is 36.8 Å². The highest BCUT2D eigenvalue weighted by atomic mass is 32.2. The molecule has 1 atom stereocenters. The molecular weight excluding hydrogens is 525 g/mol. The quantitative estimate of drug-likeness (QED) is 0.431. The summed E-state index contributed by atoms with van der Waals surface area (Å²) >= 11 is 7.18. The standard InChI is InChI=1S/C25H23F3N4O3S2/c1-30-22(34)20-13-37-21-11-17(6-7-19(21)35-20)32(24(14-33)8-3-9-24)23(36)31(2)16-5-4-15(12-29)18(10-16)25(26,27)28/h4-7,10-11,14,20H,3,8-9,13H2,1-2H3,(H,30,34). The van der Waals surface area contributed by atoms with Crippen molar-refractivity contribution < 1.29 is 27.5 Å². The van der Waals surface area contributed by atoms with E-state index in [0.717, 1.165) is 29.7 Å². The minimum atomic E-state index is -4.72. The van der Waals surface area contributed by atoms with Gasteiger partial charge in [-0.2, -0.15) is 18.4 Å². The number of benzene rings is 2. The number of rotatable bonds is 5. The second kappa shape index (κ2) is 10.2. The molecule has 0 spiro atoms. The number of amides is 1. The molecular formula is C25H23F3N4O3S2. The number of nitrogens with one attached hydrogen (secondary N) is 1. The van der Waals surface area contributed by atoms with Crippen molar-refractivity contribution in [2.45, 2.75) is 42.0 Å². The summed E-state index contributed by atoms with van der Waals surface area (Å²) in [6.45, 7) is 0. The lowest BCUT2D eigenvalue weighted by Crippen LogP contribution is -2.60. The van der Waals surface area contributed by atoms with E-state index < -0.39 is 28.9 Å². The lowest BCUT2D eigenvalue weighted by molar-refractivity contribution is -0.137. The molecule has 0 radical (unpaired) electrons. The summed E-state index contributed by atoms with van der Waals surface area (Å²) in [5, 5.41) is 11.8. The normalized spacial score (nSPS) is 17.8. The second-order valence-corrected chi connectivity index (χ2v) is 10.2. The average molecular weight is 549 g/mol. The highest BCUT2D eigenvalue weighted by molar-refractivity contribution is 7.99. The SMILES string of the molecule is CNC(=O)C1CSc2cc(N(C(=S)N(C)c3ccc(C#N)c(C(F)(F)F)c3)C3(C=O)CCC3)ccc2O1. The van der Waals surface area contributed by atoms with Crippen molar-refractivity contribution in [1.29, 1.82) is 5.26 Å². The van der Waals surface area contributed by atoms with E-state index in [-0.39, 0.29) is 16.7 Å². The van der Waals surface area contributed by atoms with Gasteiger partial charge < -0.3 is 24.6 Å². The number of hydrogen-bond donors (Lipinski definition) is 1. The third-order valence-electron chi connectivity index (χ3n) is 6.56. The Bertz CT molecular complexity index is 1290. The zero-order chi connectivity index (χ0) is 27.0. The van der Waals surface area contributed by atoms with E-state index in [1.807, 2.05) is 6.07 Å². The Kier molecular flexibility index (Phi) is 7.39. The minimum absolute atomic E-state index is 0.130. The van der Waals surface area contributed by atoms with Gasteiger partial charge in [-0.05, 0) is 67.9 Å². The van der Waals surface area contributed by atoms with Gasteiger partial charge in [0, 0.05) is 31.2 Å². The van der Waals surface area contributed by atoms with Crippen LogP contribution in [0.1, 0.15) is 30.4 Å². The Balaban J connectivity index is 1.71. The summed E-state index contributed by atoms with van der Waals surface area (Å²) in [7, 11) is 3.06. The fourth-order valence-corrected chi connectivity index (χ4v) is 5.72. The second-order valence-electron chi connectivity index (χ2n) is 8.75. The Labute approximate surface area is 221 Å². The third kappa shape index (κ3) is 4.98. The average Bonchev–Trinajstić information content (AvgIpc) is 2.87. The van der Waals surface area contributed by atoms with Gasteiger partial charge >= 0.3 is 6.18 Å². The number of carbonyl (C=O) groups excluding carboxylic acids is 2. The number of thioether (sulfide) groups is 1. The number of halogens is 3. The summed E-state index contributed by atoms with van der Waals surface area (Å²) in [5.74, 6) is 0.676. The van der Waals surface area contributed by atoms with Crippen LogP contribution >= 0.6 is 24.0 Å². The van der Waals surface area contributed by atoms with Crippen molar-refractivity contribution in [3.63, 3.8) is 0 Å². The topological polar surface area (TPSA) is 85.7 Å². The first-order valence-electron chi connectivity index (χ1n) is 11.4. The first-order valence-corrected chi connectivity index (χ1v) is 12.7. The molecule has 0 bridgehead atoms. The molecule has 194 valence electrons. The van der Waals surface area contributed by atoms with Gasteiger partial charge in [-0.1, -0.05) is 0 Å². The van der Waals surface area contributed by atoms with Crippen molar-refractivity contribution in [3.8, 4) is 11.8 Å². The van der Waals surface area contributed by atoms with Crippen molar-refractivity contribution in [3.05, 3.63) is 47.5 Å². The fourth-order valence-electron chi connectivity index (χ4n) is 4.31. The molecule has 1 amide bonds. The number of nitriles is 1. The lowest BCUT2D eigenvalue weighted by Gasteiger charge is -2.49. The molecule has 2 aromatic rings. The maximum atomic E-state index is 13.6. The molecule has 7 nitrogen and oxygen atoms in total. The molecule has 1 fully saturated rings. The number of likely N-dealkylation sites (N-methyl/N-ethyl adjacent to an activating group) is 1. The maximum Gasteiger partial charge on any atom is 0.417 e. The third-order valence-corrected chi connectivity index (χ3v) is 8.12. The van der Waals surface area contributed by atoms with Gasteiger partial charge in [0.2, 0.25) is 0 Å². The Morgan fingerprint density at radius 3 is 2.54 bits per heavy atom. The molecule has 2 aromatic carbocycles. The summed E-state index contributed by atoms with van der Waals surface area (Å²) in [6, 6.07) is 10.2. The monoisotopic (exact) mass is 548 g/mol. The van der Waals surface area contributed by atoms with Crippen LogP contribution in [-0.2, 0) is 15.8 Å². The highest BCUT2D eigenvalue weighted by Crippen LogP contribution is 2.44. The molecule has 1 N–H and O–H groups in total. The van der Waals surface area contributed by atoms with E-state index >= 15 is 0 Å². The Morgan fingerprint density at radius 2 is 1.97 bits per heavy atom. The van der Waals surface area contributed by atoms with Crippen LogP contribution in [0.4, 0.5) is 24.5 Å². The van der Waals surface area contributed by atoms with E-state index in [1.54, 1.807) is 23.1 Å². The van der Waals surface area contributed by atoms with Gasteiger partial charge in [0.25, 0.3) is 5.91 Å². The number of aldehydes is 1. The van der Waals surface area contributed by atoms with Crippen LogP contribution in [0.25, 0.3) is 0 Å². The summed E-state index contributed by atoms with van der Waals surface area (Å²) in [6.07, 6.45) is -2.65. The highest BCUT2D eigenvalue weighted by Gasteiger charge is 2.46. The van der Waals surface area contributed by atoms with Crippen LogP contribution in [-0.4, -0.2) is 48.8 Å². The predicted octanol–water partition coefficient (Wildman–Crippen LogP) is 4.53. The number of thiocarbonyl (C=S) groups is 1. The summed E-state index contributed by atoms with van der Waals surface area (Å²) in [5.41, 5.74) is -1.77. The number of hydrogen-bond acceptors (Lipinski definition) is 6. The van der Waals surface area contributed by atoms with Crippen LogP contribution in [0.3, 0.4) is 0 Å². The number of carbonyl (C=O) groups is 2. The van der Waals surface area contributed by atoms with Crippen molar-refractivity contribution in [2.75, 3.05) is 29.6 Å². The minimum Gasteiger partial charge on any atom is -0.479 e. The number of fused-ring (bicyclic) bond motifs is 1. The first kappa shape index (κ1) is 26.8. The van der Waals surface area contributed by atoms with Crippen LogP contribution in [0, 0.1) is 11.3 Å². The predicted molar refractivity (Wildman–Crippen MR) is 138 cm³/mol. The van der Waals surface area contributed by atoms with E-state index in [0.29, 0.717) is 30.0 Å². The van der Waals surface area contributed by atoms with Crippen molar-refractivity contribution in [2.24, 2.45) is 0 Å². The molecule has 0 aromatic heterocycles. The molecule has 1 saturated carbocycles. The van der Waals surface area contributed by atoms with Gasteiger partial charge in [0.1, 0.15) is 17.6 Å². The fraction of sp³-hybridized carbons (Fsp3) is 0.360. The number of ether oxygens (including phenoxy) is 1. The van der Waals surface area contributed by atoms with Gasteiger partial charge in [-0.15, -0.1) is 11.8 Å². The molecule has 1 unspecified atom stereocenters. The molecule has 1 heterocycles. The van der Waals surface area contributed by atoms with Crippen LogP contribution in [0.2, 0.25) is 0 Å². The van der Waals surface area contributed by atoms with E-state index in [2.05, 4.69) is 5.32 Å². The van der Waals surface area contributed by atoms with Crippen LogP contribution < -0.4 is 19.9 Å². The maximum absolute atomic E-state index is 13.6. The smallest absolute Gasteiger partial charge is 0.417 e. The number of anilines is 2. The van der Waals surface area contributed by atoms with Crippen molar-refractivity contribution >= 4 is 52.7 Å². The molecule has 4 rings (SSSR count). The van der Waals surface area contributed by atoms with E-state index in [4.69, 9.17) is 22.2 Å². The zero-order valence-corrected chi connectivity index (χ0v) is 21.6. The lowest BCUT2D eigenvalue weighted by atomic mass is 9.76. The first-order chi connectivity index (χ1) is 17.5. The van der Waals surface area contributed by atoms with Gasteiger partial charge in [0.05, 0.1) is 22.1 Å². The van der Waals surface area contributed by atoms with Crippen LogP contribution in [0.15, 0.2) is 41.3 Å². The Morgan fingerprint density at radius 1 is 1.27 bits per heavy atom. The summed E-state index contributed by atoms with van der Waals surface area (Å²) in [4.78, 5) is 28.1. The molecule has 2 aliphatic rings. The molecule has 37 heavy (non-hydrogen) atoms. The van der Waals surface area contributed by atoms with Gasteiger partial charge in [-0.25, -0.2) is 0 Å². The molecule has 12 heteroatoms. The van der Waals surface area contributed by atoms with Gasteiger partial charge in [0.15, 0.2) is 11.2 Å². The number of nitrogens with zero attached hydrogens (tertiary/aromatic N) is 3. The number of alkyl halides is 3. The molecule has 1 aliphatic heterocycles. The molecule has 0 saturated heterocycles. The largest absolute Gasteiger partial charge is 0.479 e. The van der Waals surface area contributed by atoms with Gasteiger partial charge in [-0.3, -0.25) is 4.79 Å². The van der Waals surface area contributed by atoms with E-state index in [9.17, 15) is 22.8 Å².